The normalized spacial score (nSPS) is 53.7. The van der Waals surface area contributed by atoms with Crippen LogP contribution >= 0.6 is 0 Å². The number of fused-ring (bicyclic) bond motifs is 7. The number of rotatable bonds is 3. The van der Waals surface area contributed by atoms with Gasteiger partial charge < -0.3 is 9.84 Å². The highest BCUT2D eigenvalue weighted by Crippen LogP contribution is 2.77. The molecule has 0 aromatic heterocycles. The SMILES string of the molecule is C=C(C)[C@@H]1CC[C@]2(C(=O)O)CC[C@]3(C)[C@H](CC[C@@H]4[C@@]5(C)CC[C@H](OC)C(C)(C)[C@@H]5CC[C@]43C)[C@@H]12. The summed E-state index contributed by atoms with van der Waals surface area (Å²) in [5.74, 6) is 2.05. The summed E-state index contributed by atoms with van der Waals surface area (Å²) in [6.45, 7) is 19.3. The highest BCUT2D eigenvalue weighted by Gasteiger charge is 2.72. The molecule has 5 fully saturated rings. The minimum absolute atomic E-state index is 0.211. The first-order valence-corrected chi connectivity index (χ1v) is 14.2. The molecule has 0 aromatic carbocycles. The van der Waals surface area contributed by atoms with E-state index in [2.05, 4.69) is 48.1 Å². The van der Waals surface area contributed by atoms with Gasteiger partial charge in [-0.05, 0) is 122 Å². The van der Waals surface area contributed by atoms with Crippen LogP contribution in [0.15, 0.2) is 12.2 Å². The lowest BCUT2D eigenvalue weighted by molar-refractivity contribution is -0.249. The predicted molar refractivity (Wildman–Crippen MR) is 137 cm³/mol. The number of hydrogen-bond acceptors (Lipinski definition) is 2. The summed E-state index contributed by atoms with van der Waals surface area (Å²) in [6.07, 6.45) is 11.7. The number of methoxy groups -OCH3 is 1. The molecule has 192 valence electrons. The number of carbonyl (C=O) groups is 1. The lowest BCUT2D eigenvalue weighted by Crippen LogP contribution is -2.67. The third-order valence-corrected chi connectivity index (χ3v) is 13.7. The Morgan fingerprint density at radius 1 is 0.853 bits per heavy atom. The first-order valence-electron chi connectivity index (χ1n) is 14.2. The Morgan fingerprint density at radius 3 is 2.18 bits per heavy atom. The molecule has 5 rings (SSSR count). The zero-order valence-electron chi connectivity index (χ0n) is 23.0. The molecule has 34 heavy (non-hydrogen) atoms. The van der Waals surface area contributed by atoms with E-state index in [1.165, 1.54) is 44.1 Å². The van der Waals surface area contributed by atoms with E-state index in [9.17, 15) is 9.90 Å². The number of ether oxygens (including phenoxy) is 1. The van der Waals surface area contributed by atoms with Crippen LogP contribution in [-0.2, 0) is 9.53 Å². The van der Waals surface area contributed by atoms with Gasteiger partial charge in [-0.1, -0.05) is 46.8 Å². The van der Waals surface area contributed by atoms with Gasteiger partial charge in [-0.15, -0.1) is 0 Å². The van der Waals surface area contributed by atoms with Gasteiger partial charge >= 0.3 is 5.97 Å². The summed E-state index contributed by atoms with van der Waals surface area (Å²) in [5, 5.41) is 10.5. The molecule has 1 N–H and O–H groups in total. The van der Waals surface area contributed by atoms with E-state index in [0.717, 1.165) is 31.6 Å². The van der Waals surface area contributed by atoms with Crippen LogP contribution in [0.5, 0.6) is 0 Å². The van der Waals surface area contributed by atoms with Crippen LogP contribution in [0.3, 0.4) is 0 Å². The number of aliphatic carboxylic acids is 1. The second-order valence-corrected chi connectivity index (χ2v) is 14.7. The highest BCUT2D eigenvalue weighted by molar-refractivity contribution is 5.76. The second-order valence-electron chi connectivity index (χ2n) is 14.7. The van der Waals surface area contributed by atoms with Crippen molar-refractivity contribution >= 4 is 5.97 Å². The summed E-state index contributed by atoms with van der Waals surface area (Å²) < 4.78 is 6.02. The van der Waals surface area contributed by atoms with E-state index in [-0.39, 0.29) is 22.2 Å². The van der Waals surface area contributed by atoms with Crippen LogP contribution in [-0.4, -0.2) is 24.3 Å². The minimum atomic E-state index is -0.522. The van der Waals surface area contributed by atoms with Crippen molar-refractivity contribution in [1.82, 2.24) is 0 Å². The van der Waals surface area contributed by atoms with Crippen molar-refractivity contribution in [2.75, 3.05) is 7.11 Å². The van der Waals surface area contributed by atoms with Crippen LogP contribution in [0.25, 0.3) is 0 Å². The monoisotopic (exact) mass is 470 g/mol. The molecule has 5 aliphatic rings. The van der Waals surface area contributed by atoms with Gasteiger partial charge in [-0.2, -0.15) is 0 Å². The molecule has 5 saturated carbocycles. The Balaban J connectivity index is 1.55. The van der Waals surface area contributed by atoms with Crippen LogP contribution in [0, 0.1) is 56.7 Å². The third-order valence-electron chi connectivity index (χ3n) is 13.7. The molecule has 0 saturated heterocycles. The van der Waals surface area contributed by atoms with Gasteiger partial charge in [0.15, 0.2) is 0 Å². The average Bonchev–Trinajstić information content (AvgIpc) is 3.15. The van der Waals surface area contributed by atoms with Crippen LogP contribution < -0.4 is 0 Å². The highest BCUT2D eigenvalue weighted by atomic mass is 16.5. The zero-order valence-corrected chi connectivity index (χ0v) is 23.0. The molecule has 3 nitrogen and oxygen atoms in total. The van der Waals surface area contributed by atoms with Gasteiger partial charge in [0.2, 0.25) is 0 Å². The van der Waals surface area contributed by atoms with Gasteiger partial charge in [-0.3, -0.25) is 4.79 Å². The van der Waals surface area contributed by atoms with Crippen molar-refractivity contribution in [2.24, 2.45) is 56.7 Å². The molecule has 0 amide bonds. The lowest BCUT2D eigenvalue weighted by Gasteiger charge is -2.72. The summed E-state index contributed by atoms with van der Waals surface area (Å²) in [4.78, 5) is 12.8. The maximum atomic E-state index is 12.8. The number of hydrogen-bond donors (Lipinski definition) is 1. The molecule has 0 bridgehead atoms. The predicted octanol–water partition coefficient (Wildman–Crippen LogP) is 7.74. The van der Waals surface area contributed by atoms with E-state index < -0.39 is 11.4 Å². The summed E-state index contributed by atoms with van der Waals surface area (Å²) in [5.41, 5.74) is 1.76. The molecule has 0 radical (unpaired) electrons. The Hall–Kier alpha value is -0.830. The van der Waals surface area contributed by atoms with E-state index in [1.807, 2.05) is 7.11 Å². The first-order chi connectivity index (χ1) is 15.8. The number of carboxylic acid groups (broad SMARTS) is 1. The Kier molecular flexibility index (Phi) is 5.55. The van der Waals surface area contributed by atoms with Gasteiger partial charge in [0.1, 0.15) is 0 Å². The molecular weight excluding hydrogens is 420 g/mol. The Bertz CT molecular complexity index is 876. The van der Waals surface area contributed by atoms with E-state index >= 15 is 0 Å². The molecule has 0 aliphatic heterocycles. The smallest absolute Gasteiger partial charge is 0.309 e. The molecule has 10 atom stereocenters. The molecule has 0 spiro atoms. The Labute approximate surface area is 208 Å². The fraction of sp³-hybridized carbons (Fsp3) is 0.903. The minimum Gasteiger partial charge on any atom is -0.481 e. The van der Waals surface area contributed by atoms with Gasteiger partial charge in [0.25, 0.3) is 0 Å². The largest absolute Gasteiger partial charge is 0.481 e. The third kappa shape index (κ3) is 2.83. The molecule has 3 heteroatoms. The van der Waals surface area contributed by atoms with Crippen molar-refractivity contribution in [1.29, 1.82) is 0 Å². The summed E-state index contributed by atoms with van der Waals surface area (Å²) >= 11 is 0. The molecule has 0 unspecified atom stereocenters. The summed E-state index contributed by atoms with van der Waals surface area (Å²) in [6, 6.07) is 0. The van der Waals surface area contributed by atoms with E-state index in [4.69, 9.17) is 4.74 Å². The molecule has 5 aliphatic carbocycles. The molecular formula is C31H50O3. The zero-order chi connectivity index (χ0) is 24.9. The number of carboxylic acids is 1. The topological polar surface area (TPSA) is 46.5 Å². The second kappa shape index (κ2) is 7.59. The van der Waals surface area contributed by atoms with Gasteiger partial charge in [0.05, 0.1) is 11.5 Å². The van der Waals surface area contributed by atoms with E-state index in [0.29, 0.717) is 29.3 Å². The summed E-state index contributed by atoms with van der Waals surface area (Å²) in [7, 11) is 1.91. The van der Waals surface area contributed by atoms with Crippen molar-refractivity contribution in [3.05, 3.63) is 12.2 Å². The Morgan fingerprint density at radius 2 is 1.56 bits per heavy atom. The van der Waals surface area contributed by atoms with Gasteiger partial charge in [-0.25, -0.2) is 0 Å². The quantitative estimate of drug-likeness (QED) is 0.429. The lowest BCUT2D eigenvalue weighted by atomic mass is 9.32. The van der Waals surface area contributed by atoms with Crippen LogP contribution in [0.2, 0.25) is 0 Å². The van der Waals surface area contributed by atoms with Crippen molar-refractivity contribution in [3.63, 3.8) is 0 Å². The van der Waals surface area contributed by atoms with Crippen LogP contribution in [0.1, 0.15) is 106 Å². The maximum Gasteiger partial charge on any atom is 0.309 e. The first kappa shape index (κ1) is 24.8. The average molecular weight is 471 g/mol. The maximum absolute atomic E-state index is 12.8. The standard InChI is InChI=1S/C31H50O3/c1-19(2)20-11-16-31(26(32)33)18-17-29(6)21(25(20)31)9-10-23-28(5)14-13-24(34-8)27(3,4)22(28)12-15-30(23,29)7/h20-25H,1,9-18H2,2-8H3,(H,32,33)/t20-,21+,22-,23+,24-,25+,28-,29+,30+,31-/m0/s1. The molecule has 0 heterocycles. The van der Waals surface area contributed by atoms with E-state index in [1.54, 1.807) is 0 Å². The van der Waals surface area contributed by atoms with Crippen molar-refractivity contribution in [2.45, 2.75) is 112 Å². The number of allylic oxidation sites excluding steroid dienone is 1. The van der Waals surface area contributed by atoms with Crippen molar-refractivity contribution < 1.29 is 14.6 Å². The van der Waals surface area contributed by atoms with Crippen molar-refractivity contribution in [3.8, 4) is 0 Å². The fourth-order valence-corrected chi connectivity index (χ4v) is 11.9. The molecule has 0 aromatic rings. The fourth-order valence-electron chi connectivity index (χ4n) is 11.9. The van der Waals surface area contributed by atoms with Crippen LogP contribution in [0.4, 0.5) is 0 Å². The van der Waals surface area contributed by atoms with Gasteiger partial charge in [0, 0.05) is 7.11 Å².